The van der Waals surface area contributed by atoms with Gasteiger partial charge in [0, 0.05) is 16.7 Å². The van der Waals surface area contributed by atoms with E-state index in [1.807, 2.05) is 0 Å². The van der Waals surface area contributed by atoms with E-state index >= 15 is 0 Å². The van der Waals surface area contributed by atoms with Gasteiger partial charge in [0.25, 0.3) is 0 Å². The maximum Gasteiger partial charge on any atom is 0.339 e. The van der Waals surface area contributed by atoms with Crippen LogP contribution in [0.3, 0.4) is 0 Å². The van der Waals surface area contributed by atoms with Crippen LogP contribution in [0.5, 0.6) is 0 Å². The van der Waals surface area contributed by atoms with Crippen LogP contribution in [0, 0.1) is 11.8 Å². The van der Waals surface area contributed by atoms with Gasteiger partial charge in [-0.1, -0.05) is 6.42 Å². The van der Waals surface area contributed by atoms with Crippen LogP contribution in [0.25, 0.3) is 0 Å². The van der Waals surface area contributed by atoms with E-state index in [-0.39, 0.29) is 5.56 Å². The molecular weight excluding hydrogens is 296 g/mol. The van der Waals surface area contributed by atoms with Gasteiger partial charge in [-0.25, -0.2) is 9.78 Å². The van der Waals surface area contributed by atoms with Crippen molar-refractivity contribution in [1.82, 2.24) is 4.98 Å². The van der Waals surface area contributed by atoms with Crippen molar-refractivity contribution in [2.24, 2.45) is 11.8 Å². The molecule has 0 aliphatic heterocycles. The average molecular weight is 311 g/mol. The zero-order valence-corrected chi connectivity index (χ0v) is 11.5. The number of nitrogens with zero attached hydrogens (tertiary/aromatic N) is 1. The molecule has 3 unspecified atom stereocenters. The van der Waals surface area contributed by atoms with Crippen LogP contribution in [0.2, 0.25) is 0 Å². The van der Waals surface area contributed by atoms with Crippen molar-refractivity contribution >= 4 is 27.7 Å². The summed E-state index contributed by atoms with van der Waals surface area (Å²) in [4.78, 5) is 15.4. The Labute approximate surface area is 114 Å². The fourth-order valence-electron chi connectivity index (χ4n) is 3.31. The van der Waals surface area contributed by atoms with Crippen LogP contribution in [0.1, 0.15) is 36.0 Å². The predicted octanol–water partition coefficient (Wildman–Crippen LogP) is 3.14. The Hall–Kier alpha value is -1.10. The molecule has 0 aromatic carbocycles. The normalized spacial score (nSPS) is 29.5. The molecule has 96 valence electrons. The molecule has 2 fully saturated rings. The third kappa shape index (κ3) is 2.11. The van der Waals surface area contributed by atoms with Crippen molar-refractivity contribution in [1.29, 1.82) is 0 Å². The van der Waals surface area contributed by atoms with E-state index in [2.05, 4.69) is 26.2 Å². The highest BCUT2D eigenvalue weighted by Crippen LogP contribution is 2.45. The molecule has 0 amide bonds. The largest absolute Gasteiger partial charge is 0.478 e. The molecule has 2 bridgehead atoms. The number of carbonyl (C=O) groups is 1. The maximum absolute atomic E-state index is 11.2. The highest BCUT2D eigenvalue weighted by atomic mass is 79.9. The van der Waals surface area contributed by atoms with Crippen LogP contribution in [0.4, 0.5) is 5.82 Å². The van der Waals surface area contributed by atoms with Gasteiger partial charge >= 0.3 is 5.97 Å². The number of halogens is 1. The summed E-state index contributed by atoms with van der Waals surface area (Å²) in [6.45, 7) is 0. The summed E-state index contributed by atoms with van der Waals surface area (Å²) in [5.41, 5.74) is 0.243. The standard InChI is InChI=1S/C13H15BrN2O2/c14-9-5-10(13(17)18)12(15-6-9)16-11-4-7-1-2-8(11)3-7/h5-8,11H,1-4H2,(H,15,16)(H,17,18). The molecule has 1 aromatic rings. The number of carboxylic acid groups (broad SMARTS) is 1. The maximum atomic E-state index is 11.2. The third-order valence-corrected chi connectivity index (χ3v) is 4.58. The van der Waals surface area contributed by atoms with Gasteiger partial charge in [-0.3, -0.25) is 0 Å². The van der Waals surface area contributed by atoms with Crippen molar-refractivity contribution in [3.05, 3.63) is 22.3 Å². The molecule has 0 spiro atoms. The Morgan fingerprint density at radius 3 is 2.89 bits per heavy atom. The lowest BCUT2D eigenvalue weighted by molar-refractivity contribution is 0.0697. The molecule has 4 nitrogen and oxygen atoms in total. The number of pyridine rings is 1. The van der Waals surface area contributed by atoms with E-state index in [1.54, 1.807) is 12.3 Å². The Morgan fingerprint density at radius 1 is 1.44 bits per heavy atom. The average Bonchev–Trinajstić information content (AvgIpc) is 2.93. The first-order valence-corrected chi connectivity index (χ1v) is 7.08. The quantitative estimate of drug-likeness (QED) is 0.900. The molecular formula is C13H15BrN2O2. The van der Waals surface area contributed by atoms with Crippen LogP contribution in [0.15, 0.2) is 16.7 Å². The summed E-state index contributed by atoms with van der Waals surface area (Å²) < 4.78 is 0.693. The third-order valence-electron chi connectivity index (χ3n) is 4.14. The van der Waals surface area contributed by atoms with Crippen molar-refractivity contribution in [2.75, 3.05) is 5.32 Å². The topological polar surface area (TPSA) is 62.2 Å². The second-order valence-corrected chi connectivity index (χ2v) is 6.20. The number of fused-ring (bicyclic) bond motifs is 2. The van der Waals surface area contributed by atoms with E-state index < -0.39 is 5.97 Å². The van der Waals surface area contributed by atoms with E-state index in [1.165, 1.54) is 19.3 Å². The zero-order valence-electron chi connectivity index (χ0n) is 9.90. The first-order valence-electron chi connectivity index (χ1n) is 6.29. The first kappa shape index (κ1) is 12.0. The first-order chi connectivity index (χ1) is 8.63. The van der Waals surface area contributed by atoms with E-state index in [0.29, 0.717) is 22.3 Å². The lowest BCUT2D eigenvalue weighted by atomic mass is 9.95. The monoisotopic (exact) mass is 310 g/mol. The molecule has 18 heavy (non-hydrogen) atoms. The van der Waals surface area contributed by atoms with Crippen molar-refractivity contribution < 1.29 is 9.90 Å². The Balaban J connectivity index is 1.82. The van der Waals surface area contributed by atoms with Gasteiger partial charge in [0.2, 0.25) is 0 Å². The van der Waals surface area contributed by atoms with Crippen molar-refractivity contribution in [2.45, 2.75) is 31.7 Å². The lowest BCUT2D eigenvalue weighted by Gasteiger charge is -2.24. The van der Waals surface area contributed by atoms with Gasteiger partial charge in [0.05, 0.1) is 0 Å². The Kier molecular flexibility index (Phi) is 3.01. The fourth-order valence-corrected chi connectivity index (χ4v) is 3.65. The number of hydrogen-bond donors (Lipinski definition) is 2. The summed E-state index contributed by atoms with van der Waals surface area (Å²) in [5, 5.41) is 12.5. The second kappa shape index (κ2) is 4.53. The molecule has 2 N–H and O–H groups in total. The number of nitrogens with one attached hydrogen (secondary N) is 1. The number of carboxylic acids is 1. The smallest absolute Gasteiger partial charge is 0.339 e. The molecule has 0 radical (unpaired) electrons. The summed E-state index contributed by atoms with van der Waals surface area (Å²) >= 11 is 3.26. The fraction of sp³-hybridized carbons (Fsp3) is 0.538. The van der Waals surface area contributed by atoms with Gasteiger partial charge in [0.15, 0.2) is 0 Å². The minimum absolute atomic E-state index is 0.243. The number of aromatic carboxylic acids is 1. The molecule has 2 saturated carbocycles. The zero-order chi connectivity index (χ0) is 12.7. The van der Waals surface area contributed by atoms with Crippen molar-refractivity contribution in [3.63, 3.8) is 0 Å². The van der Waals surface area contributed by atoms with Gasteiger partial charge in [-0.05, 0) is 53.1 Å². The van der Waals surface area contributed by atoms with E-state index in [0.717, 1.165) is 12.3 Å². The molecule has 2 aliphatic rings. The summed E-state index contributed by atoms with van der Waals surface area (Å²) in [6, 6.07) is 2.00. The number of hydrogen-bond acceptors (Lipinski definition) is 3. The molecule has 1 aromatic heterocycles. The van der Waals surface area contributed by atoms with Crippen LogP contribution < -0.4 is 5.32 Å². The molecule has 0 saturated heterocycles. The predicted molar refractivity (Wildman–Crippen MR) is 71.8 cm³/mol. The van der Waals surface area contributed by atoms with Gasteiger partial charge in [-0.15, -0.1) is 0 Å². The molecule has 2 aliphatic carbocycles. The van der Waals surface area contributed by atoms with Gasteiger partial charge < -0.3 is 10.4 Å². The summed E-state index contributed by atoms with van der Waals surface area (Å²) in [5.74, 6) is 1.09. The molecule has 3 atom stereocenters. The molecule has 5 heteroatoms. The highest BCUT2D eigenvalue weighted by molar-refractivity contribution is 9.10. The number of rotatable bonds is 3. The lowest BCUT2D eigenvalue weighted by Crippen LogP contribution is -2.27. The second-order valence-electron chi connectivity index (χ2n) is 5.28. The highest BCUT2D eigenvalue weighted by Gasteiger charge is 2.39. The minimum atomic E-state index is -0.936. The SMILES string of the molecule is O=C(O)c1cc(Br)cnc1NC1CC2CCC1C2. The Morgan fingerprint density at radius 2 is 2.28 bits per heavy atom. The molecule has 1 heterocycles. The number of anilines is 1. The minimum Gasteiger partial charge on any atom is -0.478 e. The summed E-state index contributed by atoms with van der Waals surface area (Å²) in [6.07, 6.45) is 6.68. The molecule has 3 rings (SSSR count). The van der Waals surface area contributed by atoms with Crippen LogP contribution in [-0.4, -0.2) is 22.1 Å². The van der Waals surface area contributed by atoms with Crippen molar-refractivity contribution in [3.8, 4) is 0 Å². The Bertz CT molecular complexity index is 492. The van der Waals surface area contributed by atoms with Crippen LogP contribution >= 0.6 is 15.9 Å². The van der Waals surface area contributed by atoms with E-state index in [4.69, 9.17) is 0 Å². The van der Waals surface area contributed by atoms with E-state index in [9.17, 15) is 9.90 Å². The van der Waals surface area contributed by atoms with Gasteiger partial charge in [-0.2, -0.15) is 0 Å². The van der Waals surface area contributed by atoms with Gasteiger partial charge in [0.1, 0.15) is 11.4 Å². The van der Waals surface area contributed by atoms with Crippen LogP contribution in [-0.2, 0) is 0 Å². The number of aromatic nitrogens is 1. The summed E-state index contributed by atoms with van der Waals surface area (Å²) in [7, 11) is 0.